The van der Waals surface area contributed by atoms with Crippen LogP contribution in [0, 0.1) is 17.8 Å². The molecule has 2 aromatic carbocycles. The molecule has 14 heteroatoms. The zero-order valence-electron chi connectivity index (χ0n) is 34.2. The van der Waals surface area contributed by atoms with Crippen LogP contribution in [0.1, 0.15) is 91.0 Å². The first kappa shape index (κ1) is 41.0. The summed E-state index contributed by atoms with van der Waals surface area (Å²) < 4.78 is 9.58. The Balaban J connectivity index is 1.14. The van der Waals surface area contributed by atoms with Crippen molar-refractivity contribution in [2.75, 3.05) is 20.8 Å². The van der Waals surface area contributed by atoms with Crippen LogP contribution in [0.5, 0.6) is 0 Å². The average Bonchev–Trinajstić information content (AvgIpc) is 4.04. The second-order valence-corrected chi connectivity index (χ2v) is 15.9. The third-order valence-electron chi connectivity index (χ3n) is 11.5. The monoisotopic (exact) mass is 780 g/mol. The number of nitrogens with zero attached hydrogens (tertiary/aromatic N) is 4. The Morgan fingerprint density at radius 3 is 1.72 bits per heavy atom. The largest absolute Gasteiger partial charge is 0.453 e. The first-order valence-electron chi connectivity index (χ1n) is 20.0. The summed E-state index contributed by atoms with van der Waals surface area (Å²) in [4.78, 5) is 71.8. The van der Waals surface area contributed by atoms with Crippen LogP contribution < -0.4 is 10.6 Å². The molecule has 4 N–H and O–H groups in total. The number of benzene rings is 2. The number of imidazole rings is 2. The van der Waals surface area contributed by atoms with Crippen LogP contribution in [-0.4, -0.2) is 92.6 Å². The molecular weight excluding hydrogens is 725 g/mol. The highest BCUT2D eigenvalue weighted by atomic mass is 16.5. The Morgan fingerprint density at radius 1 is 0.754 bits per heavy atom. The van der Waals surface area contributed by atoms with Gasteiger partial charge in [-0.25, -0.2) is 19.6 Å². The van der Waals surface area contributed by atoms with Crippen molar-refractivity contribution >= 4 is 24.0 Å². The molecule has 0 bridgehead atoms. The molecular formula is C43H56N8O6. The first-order chi connectivity index (χ1) is 27.3. The van der Waals surface area contributed by atoms with E-state index < -0.39 is 24.3 Å². The van der Waals surface area contributed by atoms with E-state index in [9.17, 15) is 19.2 Å². The minimum Gasteiger partial charge on any atom is -0.453 e. The molecule has 304 valence electrons. The van der Waals surface area contributed by atoms with E-state index in [-0.39, 0.29) is 47.7 Å². The van der Waals surface area contributed by atoms with Gasteiger partial charge in [0, 0.05) is 12.6 Å². The number of hydrogen-bond donors (Lipinski definition) is 4. The lowest BCUT2D eigenvalue weighted by Gasteiger charge is -2.33. The number of methoxy groups -OCH3 is 2. The van der Waals surface area contributed by atoms with Crippen molar-refractivity contribution in [3.63, 3.8) is 0 Å². The highest BCUT2D eigenvalue weighted by Gasteiger charge is 2.46. The van der Waals surface area contributed by atoms with Crippen molar-refractivity contribution in [3.8, 4) is 33.6 Å². The molecule has 2 aliphatic heterocycles. The molecule has 4 heterocycles. The number of aromatic amines is 2. The Hall–Kier alpha value is -5.66. The molecule has 2 saturated heterocycles. The zero-order valence-corrected chi connectivity index (χ0v) is 34.2. The smallest absolute Gasteiger partial charge is 0.407 e. The number of hydrogen-bond acceptors (Lipinski definition) is 8. The van der Waals surface area contributed by atoms with Gasteiger partial charge in [0.2, 0.25) is 11.8 Å². The molecule has 0 saturated carbocycles. The van der Waals surface area contributed by atoms with E-state index in [2.05, 4.69) is 88.0 Å². The fourth-order valence-corrected chi connectivity index (χ4v) is 8.30. The second-order valence-electron chi connectivity index (χ2n) is 15.9. The fourth-order valence-electron chi connectivity index (χ4n) is 8.30. The van der Waals surface area contributed by atoms with Gasteiger partial charge in [-0.3, -0.25) is 9.59 Å². The molecule has 0 aliphatic carbocycles. The van der Waals surface area contributed by atoms with Gasteiger partial charge in [-0.05, 0) is 66.2 Å². The molecule has 0 spiro atoms. The summed E-state index contributed by atoms with van der Waals surface area (Å²) in [6, 6.07) is 14.7. The zero-order chi connectivity index (χ0) is 41.0. The van der Waals surface area contributed by atoms with Crippen molar-refractivity contribution in [2.24, 2.45) is 17.8 Å². The number of ether oxygens (including phenoxy) is 2. The van der Waals surface area contributed by atoms with Crippen LogP contribution in [-0.2, 0) is 19.1 Å². The average molecular weight is 781 g/mol. The molecule has 2 aromatic heterocycles. The van der Waals surface area contributed by atoms with Gasteiger partial charge in [-0.2, -0.15) is 0 Å². The molecule has 4 amide bonds. The highest BCUT2D eigenvalue weighted by Crippen LogP contribution is 2.43. The van der Waals surface area contributed by atoms with Gasteiger partial charge >= 0.3 is 12.2 Å². The number of rotatable bonds is 12. The highest BCUT2D eigenvalue weighted by molar-refractivity contribution is 5.87. The molecule has 0 unspecified atom stereocenters. The number of carbonyl (C=O) groups excluding carboxylic acids is 4. The minimum atomic E-state index is -0.715. The normalized spacial score (nSPS) is 20.5. The summed E-state index contributed by atoms with van der Waals surface area (Å²) in [5.74, 6) is 1.17. The van der Waals surface area contributed by atoms with Gasteiger partial charge in [0.1, 0.15) is 23.7 Å². The number of likely N-dealkylation sites (tertiary alicyclic amines) is 2. The number of amides is 4. The third kappa shape index (κ3) is 8.69. The third-order valence-corrected chi connectivity index (χ3v) is 11.5. The Bertz CT molecular complexity index is 2020. The fraction of sp³-hybridized carbons (Fsp3) is 0.488. The first-order valence-corrected chi connectivity index (χ1v) is 20.0. The molecule has 0 radical (unpaired) electrons. The molecule has 57 heavy (non-hydrogen) atoms. The van der Waals surface area contributed by atoms with Crippen molar-refractivity contribution in [1.29, 1.82) is 0 Å². The van der Waals surface area contributed by atoms with Crippen LogP contribution >= 0.6 is 0 Å². The van der Waals surface area contributed by atoms with Gasteiger partial charge in [-0.1, -0.05) is 89.6 Å². The predicted molar refractivity (Wildman–Crippen MR) is 217 cm³/mol. The van der Waals surface area contributed by atoms with Crippen molar-refractivity contribution < 1.29 is 28.7 Å². The van der Waals surface area contributed by atoms with Gasteiger partial charge in [0.25, 0.3) is 0 Å². The van der Waals surface area contributed by atoms with Crippen molar-refractivity contribution in [2.45, 2.75) is 97.4 Å². The lowest BCUT2D eigenvalue weighted by atomic mass is 9.95. The summed E-state index contributed by atoms with van der Waals surface area (Å²) in [5.41, 5.74) is 5.78. The van der Waals surface area contributed by atoms with Crippen LogP contribution in [0.4, 0.5) is 9.59 Å². The Morgan fingerprint density at radius 2 is 1.23 bits per heavy atom. The lowest BCUT2D eigenvalue weighted by molar-refractivity contribution is -0.138. The number of nitrogens with one attached hydrogen (secondary N) is 4. The molecule has 4 aromatic rings. The van der Waals surface area contributed by atoms with Gasteiger partial charge in [0.05, 0.1) is 50.1 Å². The van der Waals surface area contributed by atoms with Crippen LogP contribution in [0.15, 0.2) is 60.9 Å². The van der Waals surface area contributed by atoms with E-state index in [1.807, 2.05) is 43.7 Å². The van der Waals surface area contributed by atoms with Gasteiger partial charge in [-0.15, -0.1) is 0 Å². The number of aromatic nitrogens is 4. The standard InChI is InChI=1S/C43H56N8O6/c1-9-27-21-26(6)51(41(53)36(25(4)5)49-43(55)57-8)37(27)39-45-23-33(47-39)31-18-14-29(15-19-31)28-12-16-30(17-13-28)32-22-44-38(46-32)34-11-10-20-50(34)40(52)35(24(2)3)48-42(54)56-7/h12-19,22-27,34-37H,9-11,20-21H2,1-8H3,(H,44,46)(H,45,47)(H,48,54)(H,49,55)/t26-,27+,34+,35+,36+,37+/m1/s1. The maximum absolute atomic E-state index is 14.0. The van der Waals surface area contributed by atoms with E-state index in [0.717, 1.165) is 71.0 Å². The summed E-state index contributed by atoms with van der Waals surface area (Å²) in [7, 11) is 2.59. The van der Waals surface area contributed by atoms with E-state index in [4.69, 9.17) is 14.5 Å². The topological polar surface area (TPSA) is 175 Å². The number of carbonyl (C=O) groups is 4. The second kappa shape index (κ2) is 17.6. The summed E-state index contributed by atoms with van der Waals surface area (Å²) in [6.45, 7) is 12.4. The number of H-pyrrole nitrogens is 2. The Labute approximate surface area is 334 Å². The minimum absolute atomic E-state index is 0.0168. The SMILES string of the molecule is CC[C@H]1C[C@@H](C)N(C(=O)[C@@H](NC(=O)OC)C(C)C)[C@@H]1c1ncc(-c2ccc(-c3ccc(-c4cnc([C@@H]5CCCN5C(=O)[C@@H](NC(=O)OC)C(C)C)[nH]4)cc3)cc2)[nH]1. The molecule has 6 atom stereocenters. The maximum Gasteiger partial charge on any atom is 0.407 e. The van der Waals surface area contributed by atoms with Crippen LogP contribution in [0.3, 0.4) is 0 Å². The number of alkyl carbamates (subject to hydrolysis) is 2. The molecule has 2 fully saturated rings. The summed E-state index contributed by atoms with van der Waals surface area (Å²) in [6.07, 6.45) is 5.74. The van der Waals surface area contributed by atoms with Crippen LogP contribution in [0.2, 0.25) is 0 Å². The predicted octanol–water partition coefficient (Wildman–Crippen LogP) is 7.25. The maximum atomic E-state index is 14.0. The summed E-state index contributed by atoms with van der Waals surface area (Å²) >= 11 is 0. The van der Waals surface area contributed by atoms with Gasteiger partial charge < -0.3 is 39.9 Å². The lowest BCUT2D eigenvalue weighted by Crippen LogP contribution is -2.52. The van der Waals surface area contributed by atoms with E-state index in [1.54, 1.807) is 6.20 Å². The van der Waals surface area contributed by atoms with E-state index in [0.29, 0.717) is 6.54 Å². The van der Waals surface area contributed by atoms with Crippen LogP contribution in [0.25, 0.3) is 33.6 Å². The van der Waals surface area contributed by atoms with E-state index >= 15 is 0 Å². The Kier molecular flexibility index (Phi) is 12.7. The van der Waals surface area contributed by atoms with Crippen molar-refractivity contribution in [3.05, 3.63) is 72.6 Å². The molecule has 2 aliphatic rings. The summed E-state index contributed by atoms with van der Waals surface area (Å²) in [5, 5.41) is 5.44. The van der Waals surface area contributed by atoms with E-state index in [1.165, 1.54) is 14.2 Å². The van der Waals surface area contributed by atoms with Gasteiger partial charge in [0.15, 0.2) is 0 Å². The molecule has 14 nitrogen and oxygen atoms in total. The van der Waals surface area contributed by atoms with Crippen molar-refractivity contribution in [1.82, 2.24) is 40.4 Å². The molecule has 6 rings (SSSR count). The quantitative estimate of drug-likeness (QED) is 0.116.